The van der Waals surface area contributed by atoms with Gasteiger partial charge in [-0.1, -0.05) is 6.42 Å². The number of pyridine rings is 1. The van der Waals surface area contributed by atoms with Crippen LogP contribution in [0, 0.1) is 0 Å². The van der Waals surface area contributed by atoms with Crippen LogP contribution in [0.25, 0.3) is 10.8 Å². The Morgan fingerprint density at radius 3 is 2.56 bits per heavy atom. The number of ether oxygens (including phenoxy) is 3. The first-order valence-electron chi connectivity index (χ1n) is 11.2. The number of allylic oxidation sites excluding steroid dienone is 1. The Morgan fingerprint density at radius 2 is 1.91 bits per heavy atom. The molecule has 0 amide bonds. The van der Waals surface area contributed by atoms with Crippen molar-refractivity contribution in [3.63, 3.8) is 0 Å². The fraction of sp³-hybridized carbons (Fsp3) is 0.500. The van der Waals surface area contributed by atoms with E-state index in [2.05, 4.69) is 14.9 Å². The zero-order valence-corrected chi connectivity index (χ0v) is 19.6. The quantitative estimate of drug-likeness (QED) is 0.451. The molecule has 0 aliphatic carbocycles. The predicted octanol–water partition coefficient (Wildman–Crippen LogP) is 3.75. The lowest BCUT2D eigenvalue weighted by atomic mass is 10.1. The Bertz CT molecular complexity index is 977. The van der Waals surface area contributed by atoms with Gasteiger partial charge in [0, 0.05) is 17.6 Å². The lowest BCUT2D eigenvalue weighted by Gasteiger charge is -2.26. The third-order valence-electron chi connectivity index (χ3n) is 5.15. The first-order valence-corrected chi connectivity index (χ1v) is 11.2. The van der Waals surface area contributed by atoms with E-state index in [1.807, 2.05) is 32.0 Å². The van der Waals surface area contributed by atoms with E-state index in [0.717, 1.165) is 30.4 Å². The molecule has 4 N–H and O–H groups in total. The molecule has 0 saturated carbocycles. The molecule has 1 saturated heterocycles. The average molecular weight is 442 g/mol. The Kier molecular flexibility index (Phi) is 8.16. The molecule has 32 heavy (non-hydrogen) atoms. The third kappa shape index (κ3) is 6.50. The van der Waals surface area contributed by atoms with E-state index in [-0.39, 0.29) is 11.9 Å². The van der Waals surface area contributed by atoms with E-state index in [4.69, 9.17) is 25.7 Å². The molecule has 8 nitrogen and oxygen atoms in total. The standard InChI is InChI=1S/C24H35N5O3/c1-16(2)32-24-19-15-21(31-11-10-29-8-6-5-7-9-29)20(30-4)13-18(19)14-23(28-24)27-22(26)12-17(3)25/h12-16H,5-11,25H2,1-4H3,(H2,26,27,28)/b17-12-. The molecule has 1 aliphatic rings. The molecule has 0 atom stereocenters. The zero-order valence-electron chi connectivity index (χ0n) is 19.6. The second kappa shape index (κ2) is 11.0. The number of nitrogens with two attached hydrogens (primary N) is 2. The van der Waals surface area contributed by atoms with Crippen LogP contribution in [0.1, 0.15) is 40.0 Å². The molecule has 2 heterocycles. The number of rotatable bonds is 9. The Labute approximate surface area is 190 Å². The minimum absolute atomic E-state index is 0.0565. The van der Waals surface area contributed by atoms with Crippen molar-refractivity contribution in [1.29, 1.82) is 0 Å². The van der Waals surface area contributed by atoms with E-state index in [1.54, 1.807) is 20.1 Å². The van der Waals surface area contributed by atoms with Gasteiger partial charge in [0.05, 0.1) is 13.2 Å². The highest BCUT2D eigenvalue weighted by molar-refractivity contribution is 5.95. The lowest BCUT2D eigenvalue weighted by molar-refractivity contribution is 0.180. The van der Waals surface area contributed by atoms with Crippen molar-refractivity contribution in [1.82, 2.24) is 9.88 Å². The van der Waals surface area contributed by atoms with Crippen LogP contribution in [-0.4, -0.2) is 55.2 Å². The van der Waals surface area contributed by atoms with Crippen LogP contribution >= 0.6 is 0 Å². The molecule has 0 radical (unpaired) electrons. The summed E-state index contributed by atoms with van der Waals surface area (Å²) in [5.74, 6) is 2.50. The van der Waals surface area contributed by atoms with Crippen LogP contribution < -0.4 is 25.7 Å². The smallest absolute Gasteiger partial charge is 0.223 e. The minimum atomic E-state index is -0.0565. The Hall–Kier alpha value is -3.00. The topological polar surface area (TPSA) is 108 Å². The predicted molar refractivity (Wildman–Crippen MR) is 129 cm³/mol. The van der Waals surface area contributed by atoms with Crippen molar-refractivity contribution in [2.24, 2.45) is 16.5 Å². The van der Waals surface area contributed by atoms with Crippen LogP contribution in [0.5, 0.6) is 17.4 Å². The van der Waals surface area contributed by atoms with Gasteiger partial charge in [-0.15, -0.1) is 0 Å². The summed E-state index contributed by atoms with van der Waals surface area (Å²) in [6, 6.07) is 5.69. The van der Waals surface area contributed by atoms with Crippen molar-refractivity contribution < 1.29 is 14.2 Å². The van der Waals surface area contributed by atoms with Crippen molar-refractivity contribution >= 4 is 22.4 Å². The highest BCUT2D eigenvalue weighted by atomic mass is 16.5. The van der Waals surface area contributed by atoms with Crippen LogP contribution in [0.2, 0.25) is 0 Å². The molecule has 174 valence electrons. The summed E-state index contributed by atoms with van der Waals surface area (Å²) in [7, 11) is 1.64. The number of methoxy groups -OCH3 is 1. The number of nitrogens with zero attached hydrogens (tertiary/aromatic N) is 3. The fourth-order valence-corrected chi connectivity index (χ4v) is 3.72. The summed E-state index contributed by atoms with van der Waals surface area (Å²) in [4.78, 5) is 11.4. The average Bonchev–Trinajstić information content (AvgIpc) is 2.73. The normalized spacial score (nSPS) is 15.9. The van der Waals surface area contributed by atoms with Gasteiger partial charge in [-0.2, -0.15) is 4.98 Å². The maximum atomic E-state index is 6.12. The number of hydrogen-bond donors (Lipinski definition) is 2. The fourth-order valence-electron chi connectivity index (χ4n) is 3.72. The molecule has 8 heteroatoms. The largest absolute Gasteiger partial charge is 0.493 e. The number of aliphatic imine (C=N–C) groups is 1. The molecule has 2 aromatic rings. The minimum Gasteiger partial charge on any atom is -0.493 e. The highest BCUT2D eigenvalue weighted by Gasteiger charge is 2.16. The maximum absolute atomic E-state index is 6.12. The van der Waals surface area contributed by atoms with Crippen LogP contribution in [0.4, 0.5) is 5.82 Å². The molecule has 3 rings (SSSR count). The van der Waals surface area contributed by atoms with Crippen LogP contribution in [0.15, 0.2) is 35.0 Å². The number of aromatic nitrogens is 1. The molecule has 1 aromatic heterocycles. The van der Waals surface area contributed by atoms with E-state index in [1.165, 1.54) is 19.3 Å². The number of amidine groups is 1. The SMILES string of the molecule is COc1cc2cc(N=C(N)/C=C(/C)N)nc(OC(C)C)c2cc1OCCN1CCCCC1. The van der Waals surface area contributed by atoms with Gasteiger partial charge in [0.1, 0.15) is 12.4 Å². The molecule has 1 aromatic carbocycles. The van der Waals surface area contributed by atoms with E-state index < -0.39 is 0 Å². The number of likely N-dealkylation sites (tertiary alicyclic amines) is 1. The van der Waals surface area contributed by atoms with Crippen LogP contribution in [-0.2, 0) is 0 Å². The lowest BCUT2D eigenvalue weighted by Crippen LogP contribution is -2.33. The second-order valence-corrected chi connectivity index (χ2v) is 8.35. The summed E-state index contributed by atoms with van der Waals surface area (Å²) >= 11 is 0. The number of fused-ring (bicyclic) bond motifs is 1. The first-order chi connectivity index (χ1) is 15.4. The highest BCUT2D eigenvalue weighted by Crippen LogP contribution is 2.37. The molecular weight excluding hydrogens is 406 g/mol. The first kappa shape index (κ1) is 23.7. The van der Waals surface area contributed by atoms with Gasteiger partial charge in [-0.05, 0) is 76.4 Å². The Balaban J connectivity index is 1.92. The molecular formula is C24H35N5O3. The van der Waals surface area contributed by atoms with Gasteiger partial charge < -0.3 is 25.7 Å². The summed E-state index contributed by atoms with van der Waals surface area (Å²) in [6.45, 7) is 9.44. The van der Waals surface area contributed by atoms with Gasteiger partial charge in [0.15, 0.2) is 17.3 Å². The van der Waals surface area contributed by atoms with E-state index in [9.17, 15) is 0 Å². The monoisotopic (exact) mass is 441 g/mol. The number of piperidine rings is 1. The second-order valence-electron chi connectivity index (χ2n) is 8.35. The summed E-state index contributed by atoms with van der Waals surface area (Å²) in [5, 5.41) is 1.70. The third-order valence-corrected chi connectivity index (χ3v) is 5.15. The van der Waals surface area contributed by atoms with Crippen molar-refractivity contribution in [2.45, 2.75) is 46.1 Å². The van der Waals surface area contributed by atoms with Gasteiger partial charge in [-0.25, -0.2) is 4.99 Å². The summed E-state index contributed by atoms with van der Waals surface area (Å²) in [6.07, 6.45) is 5.38. The Morgan fingerprint density at radius 1 is 1.16 bits per heavy atom. The summed E-state index contributed by atoms with van der Waals surface area (Å²) in [5.41, 5.74) is 12.2. The van der Waals surface area contributed by atoms with Gasteiger partial charge in [-0.3, -0.25) is 4.90 Å². The maximum Gasteiger partial charge on any atom is 0.223 e. The summed E-state index contributed by atoms with van der Waals surface area (Å²) < 4.78 is 17.7. The van der Waals surface area contributed by atoms with E-state index >= 15 is 0 Å². The van der Waals surface area contributed by atoms with Crippen molar-refractivity contribution in [2.75, 3.05) is 33.4 Å². The number of benzene rings is 1. The molecule has 1 fully saturated rings. The zero-order chi connectivity index (χ0) is 23.1. The molecule has 0 bridgehead atoms. The number of hydrogen-bond acceptors (Lipinski definition) is 7. The molecule has 0 unspecified atom stereocenters. The molecule has 1 aliphatic heterocycles. The van der Waals surface area contributed by atoms with Gasteiger partial charge in [0.25, 0.3) is 0 Å². The van der Waals surface area contributed by atoms with Crippen molar-refractivity contribution in [3.05, 3.63) is 30.0 Å². The van der Waals surface area contributed by atoms with Crippen LogP contribution in [0.3, 0.4) is 0 Å². The molecule has 0 spiro atoms. The van der Waals surface area contributed by atoms with Crippen molar-refractivity contribution in [3.8, 4) is 17.4 Å². The van der Waals surface area contributed by atoms with Gasteiger partial charge >= 0.3 is 0 Å². The van der Waals surface area contributed by atoms with E-state index in [0.29, 0.717) is 35.5 Å². The van der Waals surface area contributed by atoms with Gasteiger partial charge in [0.2, 0.25) is 5.88 Å².